The number of nitrogens with one attached hydrogen (secondary N) is 1. The van der Waals surface area contributed by atoms with Crippen LogP contribution >= 0.6 is 0 Å². The molecule has 3 heteroatoms. The van der Waals surface area contributed by atoms with Crippen LogP contribution in [0.4, 0.5) is 0 Å². The van der Waals surface area contributed by atoms with E-state index in [1.165, 1.54) is 0 Å². The van der Waals surface area contributed by atoms with Gasteiger partial charge in [-0.15, -0.1) is 0 Å². The molecule has 2 bridgehead atoms. The zero-order chi connectivity index (χ0) is 10.3. The predicted octanol–water partition coefficient (Wildman–Crippen LogP) is 0.769. The molecule has 5 atom stereocenters. The Kier molecular flexibility index (Phi) is 2.82. The summed E-state index contributed by atoms with van der Waals surface area (Å²) in [7, 11) is 0. The van der Waals surface area contributed by atoms with Crippen molar-refractivity contribution in [2.75, 3.05) is 6.61 Å². The van der Waals surface area contributed by atoms with Crippen molar-refractivity contribution in [2.24, 2.45) is 11.8 Å². The molecule has 0 aromatic rings. The van der Waals surface area contributed by atoms with E-state index in [-0.39, 0.29) is 12.1 Å². The smallest absolute Gasteiger partial charge is 0.0927 e. The third-order valence-corrected chi connectivity index (χ3v) is 3.69. The van der Waals surface area contributed by atoms with Gasteiger partial charge in [-0.1, -0.05) is 13.8 Å². The molecule has 2 unspecified atom stereocenters. The minimum absolute atomic E-state index is 0.249. The summed E-state index contributed by atoms with van der Waals surface area (Å²) in [5, 5.41) is 13.2. The lowest BCUT2D eigenvalue weighted by atomic mass is 9.76. The van der Waals surface area contributed by atoms with E-state index in [1.54, 1.807) is 0 Å². The Morgan fingerprint density at radius 1 is 1.43 bits per heavy atom. The molecule has 82 valence electrons. The van der Waals surface area contributed by atoms with Crippen molar-refractivity contribution < 1.29 is 9.84 Å². The van der Waals surface area contributed by atoms with Gasteiger partial charge in [-0.3, -0.25) is 0 Å². The highest BCUT2D eigenvalue weighted by atomic mass is 16.5. The molecule has 2 N–H and O–H groups in total. The van der Waals surface area contributed by atoms with Crippen molar-refractivity contribution in [3.8, 4) is 0 Å². The molecule has 2 fully saturated rings. The van der Waals surface area contributed by atoms with Crippen molar-refractivity contribution in [3.05, 3.63) is 0 Å². The summed E-state index contributed by atoms with van der Waals surface area (Å²) in [5.41, 5.74) is 0. The van der Waals surface area contributed by atoms with Gasteiger partial charge in [-0.05, 0) is 19.3 Å². The summed E-state index contributed by atoms with van der Waals surface area (Å²) in [6, 6.07) is 0.701. The fourth-order valence-electron chi connectivity index (χ4n) is 3.04. The largest absolute Gasteiger partial charge is 0.389 e. The van der Waals surface area contributed by atoms with Gasteiger partial charge in [0, 0.05) is 18.0 Å². The van der Waals surface area contributed by atoms with Gasteiger partial charge >= 0.3 is 0 Å². The van der Waals surface area contributed by atoms with Gasteiger partial charge < -0.3 is 15.2 Å². The first-order valence-corrected chi connectivity index (χ1v) is 5.65. The molecule has 2 saturated heterocycles. The molecule has 0 saturated carbocycles. The Morgan fingerprint density at radius 3 is 2.79 bits per heavy atom. The average molecular weight is 199 g/mol. The Balaban J connectivity index is 2.10. The zero-order valence-electron chi connectivity index (χ0n) is 9.23. The van der Waals surface area contributed by atoms with Crippen LogP contribution in [0.5, 0.6) is 0 Å². The summed E-state index contributed by atoms with van der Waals surface area (Å²) in [5.74, 6) is 1.22. The van der Waals surface area contributed by atoms with Gasteiger partial charge in [0.2, 0.25) is 0 Å². The first-order valence-electron chi connectivity index (χ1n) is 5.65. The Morgan fingerprint density at radius 2 is 2.14 bits per heavy atom. The van der Waals surface area contributed by atoms with Crippen LogP contribution in [0.2, 0.25) is 0 Å². The minimum atomic E-state index is -0.318. The maximum absolute atomic E-state index is 9.68. The Hall–Kier alpha value is -0.120. The SMILES string of the molecule is CC(C)C1C(C)N[C@H]2C[C@@H]1OC[C@H]2O. The van der Waals surface area contributed by atoms with Crippen molar-refractivity contribution >= 4 is 0 Å². The number of hydrogen-bond donors (Lipinski definition) is 2. The first-order chi connectivity index (χ1) is 6.59. The summed E-state index contributed by atoms with van der Waals surface area (Å²) in [4.78, 5) is 0. The number of ether oxygens (including phenoxy) is 1. The normalized spacial score (nSPS) is 48.2. The lowest BCUT2D eigenvalue weighted by Gasteiger charge is -2.48. The number of fused-ring (bicyclic) bond motifs is 2. The molecule has 2 aliphatic rings. The molecular formula is C11H21NO2. The van der Waals surface area contributed by atoms with E-state index >= 15 is 0 Å². The van der Waals surface area contributed by atoms with Crippen molar-refractivity contribution in [3.63, 3.8) is 0 Å². The number of aliphatic hydroxyl groups excluding tert-OH is 1. The van der Waals surface area contributed by atoms with Crippen molar-refractivity contribution in [1.29, 1.82) is 0 Å². The maximum Gasteiger partial charge on any atom is 0.0927 e. The molecule has 0 spiro atoms. The zero-order valence-corrected chi connectivity index (χ0v) is 9.23. The fraction of sp³-hybridized carbons (Fsp3) is 1.00. The van der Waals surface area contributed by atoms with Crippen molar-refractivity contribution in [2.45, 2.75) is 51.5 Å². The average Bonchev–Trinajstić information content (AvgIpc) is 2.10. The van der Waals surface area contributed by atoms with Gasteiger partial charge in [0.1, 0.15) is 0 Å². The van der Waals surface area contributed by atoms with E-state index in [9.17, 15) is 5.11 Å². The van der Waals surface area contributed by atoms with Crippen LogP contribution in [-0.4, -0.2) is 36.0 Å². The fourth-order valence-corrected chi connectivity index (χ4v) is 3.04. The monoisotopic (exact) mass is 199 g/mol. The third kappa shape index (κ3) is 1.69. The van der Waals surface area contributed by atoms with Crippen molar-refractivity contribution in [1.82, 2.24) is 5.32 Å². The topological polar surface area (TPSA) is 41.5 Å². The number of rotatable bonds is 1. The predicted molar refractivity (Wildman–Crippen MR) is 55.1 cm³/mol. The number of aliphatic hydroxyl groups is 1. The van der Waals surface area contributed by atoms with E-state index in [4.69, 9.17) is 4.74 Å². The van der Waals surface area contributed by atoms with Crippen LogP contribution < -0.4 is 5.32 Å². The molecule has 0 aromatic carbocycles. The van der Waals surface area contributed by atoms with Crippen LogP contribution in [0.1, 0.15) is 27.2 Å². The van der Waals surface area contributed by atoms with Gasteiger partial charge in [0.25, 0.3) is 0 Å². The molecular weight excluding hydrogens is 178 g/mol. The number of hydrogen-bond acceptors (Lipinski definition) is 3. The lowest BCUT2D eigenvalue weighted by molar-refractivity contribution is -0.132. The van der Waals surface area contributed by atoms with Crippen LogP contribution in [-0.2, 0) is 4.74 Å². The Bertz CT molecular complexity index is 205. The second-order valence-electron chi connectivity index (χ2n) is 5.06. The van der Waals surface area contributed by atoms with Gasteiger partial charge in [-0.25, -0.2) is 0 Å². The minimum Gasteiger partial charge on any atom is -0.389 e. The molecule has 14 heavy (non-hydrogen) atoms. The first kappa shape index (κ1) is 10.4. The molecule has 0 radical (unpaired) electrons. The summed E-state index contributed by atoms with van der Waals surface area (Å²) >= 11 is 0. The van der Waals surface area contributed by atoms with Gasteiger partial charge in [0.05, 0.1) is 18.8 Å². The highest BCUT2D eigenvalue weighted by Crippen LogP contribution is 2.33. The van der Waals surface area contributed by atoms with Crippen LogP contribution in [0.15, 0.2) is 0 Å². The van der Waals surface area contributed by atoms with E-state index in [0.29, 0.717) is 30.6 Å². The van der Waals surface area contributed by atoms with Gasteiger partial charge in [0.15, 0.2) is 0 Å². The lowest BCUT2D eigenvalue weighted by Crippen LogP contribution is -2.62. The summed E-state index contributed by atoms with van der Waals surface area (Å²) < 4.78 is 5.72. The Labute approximate surface area is 85.8 Å². The number of piperidine rings is 1. The maximum atomic E-state index is 9.68. The molecule has 2 rings (SSSR count). The highest BCUT2D eigenvalue weighted by molar-refractivity contribution is 4.97. The molecule has 0 aromatic heterocycles. The second kappa shape index (κ2) is 3.80. The van der Waals surface area contributed by atoms with Crippen LogP contribution in [0, 0.1) is 11.8 Å². The van der Waals surface area contributed by atoms with Crippen LogP contribution in [0.3, 0.4) is 0 Å². The van der Waals surface area contributed by atoms with E-state index in [2.05, 4.69) is 26.1 Å². The van der Waals surface area contributed by atoms with Gasteiger partial charge in [-0.2, -0.15) is 0 Å². The van der Waals surface area contributed by atoms with E-state index in [0.717, 1.165) is 6.42 Å². The molecule has 0 amide bonds. The quantitative estimate of drug-likeness (QED) is 0.655. The van der Waals surface area contributed by atoms with E-state index in [1.807, 2.05) is 0 Å². The molecule has 2 aliphatic heterocycles. The molecule has 3 nitrogen and oxygen atoms in total. The standard InChI is InChI=1S/C11H21NO2/c1-6(2)11-7(3)12-8-4-10(11)14-5-9(8)13/h6-13H,4-5H2,1-3H3/t7?,8-,9+,10-,11?/m0/s1. The second-order valence-corrected chi connectivity index (χ2v) is 5.06. The third-order valence-electron chi connectivity index (χ3n) is 3.69. The molecule has 2 heterocycles. The summed E-state index contributed by atoms with van der Waals surface area (Å²) in [6.07, 6.45) is 0.996. The highest BCUT2D eigenvalue weighted by Gasteiger charge is 2.43. The van der Waals surface area contributed by atoms with E-state index < -0.39 is 0 Å². The summed E-state index contributed by atoms with van der Waals surface area (Å²) in [6.45, 7) is 7.19. The molecule has 0 aliphatic carbocycles. The van der Waals surface area contributed by atoms with Crippen LogP contribution in [0.25, 0.3) is 0 Å².